The van der Waals surface area contributed by atoms with E-state index >= 15 is 0 Å². The van der Waals surface area contributed by atoms with E-state index < -0.39 is 0 Å². The lowest BCUT2D eigenvalue weighted by Crippen LogP contribution is -2.40. The van der Waals surface area contributed by atoms with Gasteiger partial charge in [-0.15, -0.1) is 0 Å². The molecule has 0 radical (unpaired) electrons. The van der Waals surface area contributed by atoms with E-state index in [1.54, 1.807) is 0 Å². The summed E-state index contributed by atoms with van der Waals surface area (Å²) in [6.07, 6.45) is 2.92. The van der Waals surface area contributed by atoms with Crippen molar-refractivity contribution in [3.63, 3.8) is 0 Å². The molecule has 0 fully saturated rings. The van der Waals surface area contributed by atoms with Gasteiger partial charge in [0.05, 0.1) is 13.2 Å². The molecule has 1 unspecified atom stereocenters. The zero-order valence-electron chi connectivity index (χ0n) is 16.9. The molecule has 0 amide bonds. The minimum atomic E-state index is 0.233. The fraction of sp³-hybridized carbons (Fsp3) is 0.667. The van der Waals surface area contributed by atoms with Gasteiger partial charge in [0.1, 0.15) is 5.75 Å². The minimum Gasteiger partial charge on any atom is -0.494 e. The van der Waals surface area contributed by atoms with Gasteiger partial charge in [0.2, 0.25) is 0 Å². The molecule has 0 aliphatic carbocycles. The first-order valence-electron chi connectivity index (χ1n) is 9.93. The van der Waals surface area contributed by atoms with Crippen molar-refractivity contribution in [3.05, 3.63) is 29.8 Å². The number of ether oxygens (including phenoxy) is 1. The Balaban J connectivity index is 2.64. The molecule has 3 N–H and O–H groups in total. The summed E-state index contributed by atoms with van der Waals surface area (Å²) in [5, 5.41) is 16.0. The molecule has 1 rings (SSSR count). The van der Waals surface area contributed by atoms with Crippen molar-refractivity contribution in [2.24, 2.45) is 16.8 Å². The van der Waals surface area contributed by atoms with Crippen LogP contribution >= 0.6 is 0 Å². The Hall–Kier alpha value is -1.75. The molecule has 1 aromatic rings. The number of benzene rings is 1. The highest BCUT2D eigenvalue weighted by molar-refractivity contribution is 5.79. The normalized spacial score (nSPS) is 12.9. The Morgan fingerprint density at radius 3 is 2.69 bits per heavy atom. The Bertz CT molecular complexity index is 518. The monoisotopic (exact) mass is 363 g/mol. The maximum atomic E-state index is 9.27. The average Bonchev–Trinajstić information content (AvgIpc) is 2.62. The van der Waals surface area contributed by atoms with Crippen molar-refractivity contribution in [2.75, 3.05) is 26.3 Å². The molecule has 26 heavy (non-hydrogen) atoms. The lowest BCUT2D eigenvalue weighted by atomic mass is 9.94. The predicted octanol–water partition coefficient (Wildman–Crippen LogP) is 3.58. The summed E-state index contributed by atoms with van der Waals surface area (Å²) in [7, 11) is 0. The highest BCUT2D eigenvalue weighted by atomic mass is 16.5. The number of nitrogens with zero attached hydrogens (tertiary/aromatic N) is 1. The van der Waals surface area contributed by atoms with Gasteiger partial charge in [-0.1, -0.05) is 32.9 Å². The lowest BCUT2D eigenvalue weighted by molar-refractivity contribution is 0.243. The number of hydrogen-bond acceptors (Lipinski definition) is 3. The lowest BCUT2D eigenvalue weighted by Gasteiger charge is -2.20. The van der Waals surface area contributed by atoms with Crippen LogP contribution in [0.15, 0.2) is 29.3 Å². The molecule has 1 atom stereocenters. The highest BCUT2D eigenvalue weighted by Gasteiger charge is 2.11. The summed E-state index contributed by atoms with van der Waals surface area (Å²) in [5.41, 5.74) is 1.13. The molecule has 148 valence electrons. The van der Waals surface area contributed by atoms with Gasteiger partial charge in [-0.05, 0) is 55.7 Å². The third-order valence-electron chi connectivity index (χ3n) is 4.04. The highest BCUT2D eigenvalue weighted by Crippen LogP contribution is 2.15. The van der Waals surface area contributed by atoms with Crippen molar-refractivity contribution in [1.29, 1.82) is 0 Å². The SMILES string of the molecule is CCCOc1cccc(CN=C(NCC)NCC(CCO)CC(C)C)c1. The second-order valence-electron chi connectivity index (χ2n) is 7.08. The number of hydrogen-bond donors (Lipinski definition) is 3. The smallest absolute Gasteiger partial charge is 0.191 e. The van der Waals surface area contributed by atoms with Crippen molar-refractivity contribution in [2.45, 2.75) is 53.5 Å². The van der Waals surface area contributed by atoms with Gasteiger partial charge in [-0.25, -0.2) is 4.99 Å². The molecule has 1 aromatic carbocycles. The molecule has 5 nitrogen and oxygen atoms in total. The Kier molecular flexibility index (Phi) is 11.5. The van der Waals surface area contributed by atoms with Crippen molar-refractivity contribution >= 4 is 5.96 Å². The molecule has 0 heterocycles. The van der Waals surface area contributed by atoms with Gasteiger partial charge in [0, 0.05) is 19.7 Å². The van der Waals surface area contributed by atoms with Gasteiger partial charge in [0.15, 0.2) is 5.96 Å². The van der Waals surface area contributed by atoms with Crippen LogP contribution in [0.4, 0.5) is 0 Å². The van der Waals surface area contributed by atoms with E-state index in [-0.39, 0.29) is 6.61 Å². The van der Waals surface area contributed by atoms with Crippen LogP contribution in [-0.4, -0.2) is 37.4 Å². The maximum Gasteiger partial charge on any atom is 0.191 e. The summed E-state index contributed by atoms with van der Waals surface area (Å²) in [6, 6.07) is 8.11. The number of guanidine groups is 1. The molecule has 5 heteroatoms. The zero-order valence-corrected chi connectivity index (χ0v) is 16.9. The van der Waals surface area contributed by atoms with E-state index in [4.69, 9.17) is 9.73 Å². The first-order chi connectivity index (χ1) is 12.6. The van der Waals surface area contributed by atoms with Crippen LogP contribution in [0, 0.1) is 11.8 Å². The van der Waals surface area contributed by atoms with Gasteiger partial charge < -0.3 is 20.5 Å². The molecule has 0 bridgehead atoms. The van der Waals surface area contributed by atoms with Crippen LogP contribution in [-0.2, 0) is 6.54 Å². The fourth-order valence-electron chi connectivity index (χ4n) is 2.86. The molecule has 0 spiro atoms. The number of nitrogens with one attached hydrogen (secondary N) is 2. The van der Waals surface area contributed by atoms with Crippen LogP contribution in [0.1, 0.15) is 52.5 Å². The van der Waals surface area contributed by atoms with E-state index in [0.29, 0.717) is 18.4 Å². The van der Waals surface area contributed by atoms with Crippen LogP contribution < -0.4 is 15.4 Å². The Morgan fingerprint density at radius 2 is 2.04 bits per heavy atom. The summed E-state index contributed by atoms with van der Waals surface area (Å²) in [6.45, 7) is 11.8. The second kappa shape index (κ2) is 13.5. The van der Waals surface area contributed by atoms with Crippen molar-refractivity contribution < 1.29 is 9.84 Å². The number of aliphatic hydroxyl groups excluding tert-OH is 1. The summed E-state index contributed by atoms with van der Waals surface area (Å²) in [4.78, 5) is 4.69. The molecule has 0 saturated carbocycles. The fourth-order valence-corrected chi connectivity index (χ4v) is 2.86. The van der Waals surface area contributed by atoms with Gasteiger partial charge >= 0.3 is 0 Å². The first-order valence-corrected chi connectivity index (χ1v) is 9.93. The van der Waals surface area contributed by atoms with Crippen LogP contribution in [0.3, 0.4) is 0 Å². The molecular weight excluding hydrogens is 326 g/mol. The van der Waals surface area contributed by atoms with E-state index in [0.717, 1.165) is 56.2 Å². The largest absolute Gasteiger partial charge is 0.494 e. The number of rotatable bonds is 12. The Morgan fingerprint density at radius 1 is 1.23 bits per heavy atom. The predicted molar refractivity (Wildman–Crippen MR) is 110 cm³/mol. The standard InChI is InChI=1S/C21H37N3O2/c1-5-12-26-20-9-7-8-18(14-20)15-23-21(22-6-2)24-16-19(10-11-25)13-17(3)4/h7-9,14,17,19,25H,5-6,10-13,15-16H2,1-4H3,(H2,22,23,24). The molecule has 0 aromatic heterocycles. The van der Waals surface area contributed by atoms with Crippen molar-refractivity contribution in [1.82, 2.24) is 10.6 Å². The summed E-state index contributed by atoms with van der Waals surface area (Å²) in [5.74, 6) is 2.80. The first kappa shape index (κ1) is 22.3. The van der Waals surface area contributed by atoms with Crippen LogP contribution in [0.5, 0.6) is 5.75 Å². The van der Waals surface area contributed by atoms with Gasteiger partial charge in [-0.2, -0.15) is 0 Å². The van der Waals surface area contributed by atoms with Crippen LogP contribution in [0.2, 0.25) is 0 Å². The third kappa shape index (κ3) is 9.66. The summed E-state index contributed by atoms with van der Waals surface area (Å²) >= 11 is 0. The molecule has 0 aliphatic heterocycles. The Labute approximate surface area is 159 Å². The molecule has 0 saturated heterocycles. The van der Waals surface area contributed by atoms with Gasteiger partial charge in [-0.3, -0.25) is 0 Å². The van der Waals surface area contributed by atoms with Crippen LogP contribution in [0.25, 0.3) is 0 Å². The number of aliphatic imine (C=N–C) groups is 1. The minimum absolute atomic E-state index is 0.233. The third-order valence-corrected chi connectivity index (χ3v) is 4.04. The van der Waals surface area contributed by atoms with Gasteiger partial charge in [0.25, 0.3) is 0 Å². The quantitative estimate of drug-likeness (QED) is 0.392. The topological polar surface area (TPSA) is 65.9 Å². The van der Waals surface area contributed by atoms with E-state index in [1.807, 2.05) is 12.1 Å². The summed E-state index contributed by atoms with van der Waals surface area (Å²) < 4.78 is 5.69. The second-order valence-corrected chi connectivity index (χ2v) is 7.08. The zero-order chi connectivity index (χ0) is 19.2. The number of aliphatic hydroxyl groups is 1. The maximum absolute atomic E-state index is 9.27. The van der Waals surface area contributed by atoms with E-state index in [9.17, 15) is 5.11 Å². The van der Waals surface area contributed by atoms with Crippen molar-refractivity contribution in [3.8, 4) is 5.75 Å². The molecule has 0 aliphatic rings. The van der Waals surface area contributed by atoms with E-state index in [1.165, 1.54) is 0 Å². The van der Waals surface area contributed by atoms with E-state index in [2.05, 4.69) is 50.5 Å². The molecular formula is C21H37N3O2. The average molecular weight is 364 g/mol.